The van der Waals surface area contributed by atoms with Crippen molar-refractivity contribution in [3.05, 3.63) is 75.8 Å². The van der Waals surface area contributed by atoms with E-state index in [1.54, 1.807) is 24.3 Å². The predicted molar refractivity (Wildman–Crippen MR) is 107 cm³/mol. The van der Waals surface area contributed by atoms with E-state index in [0.29, 0.717) is 17.1 Å². The van der Waals surface area contributed by atoms with Crippen molar-refractivity contribution < 1.29 is 9.59 Å². The van der Waals surface area contributed by atoms with Crippen LogP contribution in [0.2, 0.25) is 0 Å². The Hall–Kier alpha value is -3.04. The van der Waals surface area contributed by atoms with Crippen molar-refractivity contribution in [2.45, 2.75) is 25.5 Å². The number of benzene rings is 2. The number of nitriles is 1. The molecule has 1 atom stereocenters. The first-order valence-electron chi connectivity index (χ1n) is 8.48. The molecular weight excluding hydrogens is 358 g/mol. The van der Waals surface area contributed by atoms with Crippen molar-refractivity contribution in [1.82, 2.24) is 0 Å². The van der Waals surface area contributed by atoms with Gasteiger partial charge in [0.1, 0.15) is 16.7 Å². The third-order valence-electron chi connectivity index (χ3n) is 4.53. The zero-order valence-electron chi connectivity index (χ0n) is 15.1. The fourth-order valence-electron chi connectivity index (χ4n) is 2.96. The highest BCUT2D eigenvalue weighted by molar-refractivity contribution is 8.05. The van der Waals surface area contributed by atoms with Gasteiger partial charge in [-0.05, 0) is 49.1 Å². The molecule has 1 unspecified atom stereocenters. The van der Waals surface area contributed by atoms with Crippen LogP contribution < -0.4 is 10.6 Å². The smallest absolute Gasteiger partial charge is 0.262 e. The van der Waals surface area contributed by atoms with Crippen molar-refractivity contribution in [3.63, 3.8) is 0 Å². The maximum Gasteiger partial charge on any atom is 0.262 e. The van der Waals surface area contributed by atoms with Crippen molar-refractivity contribution >= 4 is 29.3 Å². The molecule has 136 valence electrons. The molecule has 27 heavy (non-hydrogen) atoms. The maximum absolute atomic E-state index is 13.1. The Morgan fingerprint density at radius 1 is 1.19 bits per heavy atom. The van der Waals surface area contributed by atoms with Crippen LogP contribution in [0, 0.1) is 25.2 Å². The zero-order valence-corrected chi connectivity index (χ0v) is 15.9. The summed E-state index contributed by atoms with van der Waals surface area (Å²) in [7, 11) is 0. The second-order valence-corrected chi connectivity index (χ2v) is 7.59. The summed E-state index contributed by atoms with van der Waals surface area (Å²) in [6.07, 6.45) is 0.509. The molecule has 2 N–H and O–H groups in total. The van der Waals surface area contributed by atoms with Crippen molar-refractivity contribution in [2.24, 2.45) is 5.73 Å². The van der Waals surface area contributed by atoms with Gasteiger partial charge in [0.05, 0.1) is 5.25 Å². The van der Waals surface area contributed by atoms with Gasteiger partial charge in [-0.25, -0.2) is 0 Å². The number of hydrogen-bond acceptors (Lipinski definition) is 4. The number of aryl methyl sites for hydroxylation is 2. The molecule has 0 spiro atoms. The minimum atomic E-state index is -0.833. The fourth-order valence-corrected chi connectivity index (χ4v) is 4.27. The number of rotatable bonds is 4. The van der Waals surface area contributed by atoms with Crippen LogP contribution in [0.4, 0.5) is 5.69 Å². The highest BCUT2D eigenvalue weighted by Gasteiger charge is 2.40. The molecule has 0 radical (unpaired) electrons. The molecule has 5 nitrogen and oxygen atoms in total. The second-order valence-electron chi connectivity index (χ2n) is 6.39. The second kappa shape index (κ2) is 7.68. The van der Waals surface area contributed by atoms with E-state index in [2.05, 4.69) is 6.07 Å². The molecule has 6 heteroatoms. The van der Waals surface area contributed by atoms with Crippen LogP contribution >= 0.6 is 11.8 Å². The molecule has 0 aliphatic carbocycles. The Balaban J connectivity index is 2.01. The van der Waals surface area contributed by atoms with Crippen LogP contribution in [-0.4, -0.2) is 17.1 Å². The molecule has 1 aliphatic rings. The lowest BCUT2D eigenvalue weighted by Crippen LogP contribution is -2.31. The van der Waals surface area contributed by atoms with Gasteiger partial charge in [0.15, 0.2) is 0 Å². The van der Waals surface area contributed by atoms with E-state index in [1.165, 1.54) is 22.2 Å². The third kappa shape index (κ3) is 3.74. The number of hydrogen-bond donors (Lipinski definition) is 1. The number of anilines is 1. The minimum absolute atomic E-state index is 0.159. The molecule has 2 amide bonds. The van der Waals surface area contributed by atoms with Gasteiger partial charge in [-0.15, -0.1) is 0 Å². The van der Waals surface area contributed by atoms with Crippen molar-refractivity contribution in [3.8, 4) is 6.07 Å². The number of carbonyl (C=O) groups excluding carboxylic acids is 2. The summed E-state index contributed by atoms with van der Waals surface area (Å²) >= 11 is 1.22. The minimum Gasteiger partial charge on any atom is -0.365 e. The largest absolute Gasteiger partial charge is 0.365 e. The van der Waals surface area contributed by atoms with E-state index >= 15 is 0 Å². The predicted octanol–water partition coefficient (Wildman–Crippen LogP) is 3.22. The Kier molecular flexibility index (Phi) is 5.33. The van der Waals surface area contributed by atoms with Crippen LogP contribution in [0.1, 0.15) is 16.7 Å². The van der Waals surface area contributed by atoms with E-state index in [9.17, 15) is 14.9 Å². The van der Waals surface area contributed by atoms with E-state index in [1.807, 2.05) is 38.1 Å². The van der Waals surface area contributed by atoms with E-state index < -0.39 is 11.2 Å². The first kappa shape index (κ1) is 18.7. The summed E-state index contributed by atoms with van der Waals surface area (Å²) in [5.41, 5.74) is 9.18. The number of primary amides is 1. The number of para-hydroxylation sites is 1. The lowest BCUT2D eigenvalue weighted by atomic mass is 10.0. The SMILES string of the molecule is Cc1ccc(CC2S/C(=C(\C#N)C(N)=O)N(c3ccccc3)C2=O)cc1C. The van der Waals surface area contributed by atoms with Gasteiger partial charge < -0.3 is 5.73 Å². The summed E-state index contributed by atoms with van der Waals surface area (Å²) in [5.74, 6) is -0.992. The van der Waals surface area contributed by atoms with Crippen LogP contribution in [0.5, 0.6) is 0 Å². The molecule has 1 fully saturated rings. The quantitative estimate of drug-likeness (QED) is 0.655. The molecule has 2 aromatic rings. The normalized spacial score (nSPS) is 18.3. The summed E-state index contributed by atoms with van der Waals surface area (Å²) in [6.45, 7) is 4.07. The maximum atomic E-state index is 13.1. The zero-order chi connectivity index (χ0) is 19.6. The van der Waals surface area contributed by atoms with Gasteiger partial charge in [0.2, 0.25) is 5.91 Å². The van der Waals surface area contributed by atoms with Crippen LogP contribution in [0.25, 0.3) is 0 Å². The molecule has 1 heterocycles. The molecule has 1 saturated heterocycles. The number of thioether (sulfide) groups is 1. The number of amides is 2. The average Bonchev–Trinajstić information content (AvgIpc) is 2.95. The van der Waals surface area contributed by atoms with Crippen molar-refractivity contribution in [1.29, 1.82) is 5.26 Å². The molecule has 0 aromatic heterocycles. The molecule has 0 saturated carbocycles. The van der Waals surface area contributed by atoms with E-state index in [0.717, 1.165) is 11.1 Å². The van der Waals surface area contributed by atoms with Crippen molar-refractivity contribution in [2.75, 3.05) is 4.90 Å². The number of carbonyl (C=O) groups is 2. The number of nitrogens with two attached hydrogens (primary N) is 1. The van der Waals surface area contributed by atoms with Crippen LogP contribution in [0.15, 0.2) is 59.1 Å². The molecule has 0 bridgehead atoms. The third-order valence-corrected chi connectivity index (χ3v) is 5.79. The average molecular weight is 377 g/mol. The Bertz CT molecular complexity index is 977. The molecule has 1 aliphatic heterocycles. The van der Waals surface area contributed by atoms with Gasteiger partial charge in [0.25, 0.3) is 5.91 Å². The Morgan fingerprint density at radius 2 is 1.89 bits per heavy atom. The Labute approximate surface area is 162 Å². The number of nitrogens with zero attached hydrogens (tertiary/aromatic N) is 2. The lowest BCUT2D eigenvalue weighted by Gasteiger charge is -2.18. The fraction of sp³-hybridized carbons (Fsp3) is 0.190. The van der Waals surface area contributed by atoms with Gasteiger partial charge in [-0.2, -0.15) is 5.26 Å². The van der Waals surface area contributed by atoms with Gasteiger partial charge in [-0.3, -0.25) is 14.5 Å². The Morgan fingerprint density at radius 3 is 2.48 bits per heavy atom. The summed E-state index contributed by atoms with van der Waals surface area (Å²) in [5, 5.41) is 9.27. The standard InChI is InChI=1S/C21H19N3O2S/c1-13-8-9-15(10-14(13)2)11-18-20(26)24(16-6-4-3-5-7-16)21(27-18)17(12-22)19(23)25/h3-10,18H,11H2,1-2H3,(H2,23,25)/b21-17+. The monoisotopic (exact) mass is 377 g/mol. The lowest BCUT2D eigenvalue weighted by molar-refractivity contribution is -0.117. The summed E-state index contributed by atoms with van der Waals surface area (Å²) < 4.78 is 0. The first-order chi connectivity index (χ1) is 12.9. The molecule has 2 aromatic carbocycles. The van der Waals surface area contributed by atoms with Crippen LogP contribution in [0.3, 0.4) is 0 Å². The highest BCUT2D eigenvalue weighted by Crippen LogP contribution is 2.41. The highest BCUT2D eigenvalue weighted by atomic mass is 32.2. The van der Waals surface area contributed by atoms with Gasteiger partial charge in [-0.1, -0.05) is 48.2 Å². The summed E-state index contributed by atoms with van der Waals surface area (Å²) in [6, 6.07) is 16.9. The van der Waals surface area contributed by atoms with E-state index in [-0.39, 0.29) is 11.5 Å². The summed E-state index contributed by atoms with van der Waals surface area (Å²) in [4.78, 5) is 26.3. The topological polar surface area (TPSA) is 87.2 Å². The first-order valence-corrected chi connectivity index (χ1v) is 9.36. The van der Waals surface area contributed by atoms with Gasteiger partial charge >= 0.3 is 0 Å². The molecule has 3 rings (SSSR count). The van der Waals surface area contributed by atoms with Gasteiger partial charge in [0, 0.05) is 5.69 Å². The van der Waals surface area contributed by atoms with E-state index in [4.69, 9.17) is 5.73 Å². The van der Waals surface area contributed by atoms with Crippen LogP contribution in [-0.2, 0) is 16.0 Å². The molecular formula is C21H19N3O2S.